The molecule has 1 atom stereocenters. The average molecular weight is 285 g/mol. The highest BCUT2D eigenvalue weighted by Crippen LogP contribution is 2.38. The SMILES string of the molecule is CC1(C)C(=O)N(Br)C(=O)C1Br. The number of imide groups is 1. The predicted molar refractivity (Wildman–Crippen MR) is 47.3 cm³/mol. The van der Waals surface area contributed by atoms with Crippen molar-refractivity contribution in [2.24, 2.45) is 5.41 Å². The second kappa shape index (κ2) is 2.55. The molecule has 2 amide bonds. The first-order chi connectivity index (χ1) is 4.89. The van der Waals surface area contributed by atoms with Crippen LogP contribution in [0.3, 0.4) is 0 Å². The Balaban J connectivity index is 3.06. The Bertz CT molecular complexity index is 227. The molecule has 1 aliphatic rings. The van der Waals surface area contributed by atoms with Crippen molar-refractivity contribution >= 4 is 43.9 Å². The highest BCUT2D eigenvalue weighted by atomic mass is 79.9. The topological polar surface area (TPSA) is 37.4 Å². The van der Waals surface area contributed by atoms with Gasteiger partial charge in [0.1, 0.15) is 4.83 Å². The molecule has 1 unspecified atom stereocenters. The Morgan fingerprint density at radius 2 is 1.91 bits per heavy atom. The Labute approximate surface area is 81.6 Å². The van der Waals surface area contributed by atoms with Crippen molar-refractivity contribution in [3.63, 3.8) is 0 Å². The first-order valence-corrected chi connectivity index (χ1v) is 4.70. The number of carbonyl (C=O) groups is 2. The third-order valence-electron chi connectivity index (χ3n) is 1.77. The molecule has 1 aliphatic heterocycles. The van der Waals surface area contributed by atoms with E-state index < -0.39 is 10.2 Å². The fraction of sp³-hybridized carbons (Fsp3) is 0.667. The second-order valence-corrected chi connectivity index (χ2v) is 4.63. The molecular formula is C6H7Br2NO2. The minimum absolute atomic E-state index is 0.204. The molecule has 0 aromatic rings. The summed E-state index contributed by atoms with van der Waals surface area (Å²) in [5.41, 5.74) is -0.638. The monoisotopic (exact) mass is 283 g/mol. The summed E-state index contributed by atoms with van der Waals surface area (Å²) in [6.07, 6.45) is 0. The molecule has 0 N–H and O–H groups in total. The van der Waals surface area contributed by atoms with Gasteiger partial charge in [-0.15, -0.1) is 0 Å². The summed E-state index contributed by atoms with van der Waals surface area (Å²) in [4.78, 5) is 22.0. The molecule has 1 saturated heterocycles. The van der Waals surface area contributed by atoms with Crippen LogP contribution in [0.2, 0.25) is 0 Å². The first-order valence-electron chi connectivity index (χ1n) is 3.07. The van der Waals surface area contributed by atoms with Gasteiger partial charge in [-0.2, -0.15) is 0 Å². The van der Waals surface area contributed by atoms with Gasteiger partial charge in [0.25, 0.3) is 5.91 Å². The van der Waals surface area contributed by atoms with E-state index in [4.69, 9.17) is 0 Å². The van der Waals surface area contributed by atoms with Crippen LogP contribution in [-0.4, -0.2) is 20.6 Å². The number of hydrogen-bond donors (Lipinski definition) is 0. The van der Waals surface area contributed by atoms with Crippen LogP contribution in [-0.2, 0) is 9.59 Å². The summed E-state index contributed by atoms with van der Waals surface area (Å²) in [6.45, 7) is 3.46. The number of hydrogen-bond acceptors (Lipinski definition) is 2. The maximum absolute atomic E-state index is 11.3. The summed E-state index contributed by atoms with van der Waals surface area (Å²) in [6, 6.07) is 0. The lowest BCUT2D eigenvalue weighted by Crippen LogP contribution is -2.27. The predicted octanol–water partition coefficient (Wildman–Crippen LogP) is 1.45. The molecule has 62 valence electrons. The van der Waals surface area contributed by atoms with Crippen LogP contribution in [0, 0.1) is 5.41 Å². The zero-order valence-corrected chi connectivity index (χ0v) is 9.27. The highest BCUT2D eigenvalue weighted by Gasteiger charge is 2.51. The largest absolute Gasteiger partial charge is 0.273 e. The number of halogens is 2. The van der Waals surface area contributed by atoms with Gasteiger partial charge in [-0.1, -0.05) is 15.9 Å². The summed E-state index contributed by atoms with van der Waals surface area (Å²) in [7, 11) is 0. The van der Waals surface area contributed by atoms with Crippen LogP contribution < -0.4 is 0 Å². The lowest BCUT2D eigenvalue weighted by molar-refractivity contribution is -0.133. The van der Waals surface area contributed by atoms with E-state index in [1.165, 1.54) is 0 Å². The van der Waals surface area contributed by atoms with Crippen LogP contribution in [0.5, 0.6) is 0 Å². The van der Waals surface area contributed by atoms with E-state index in [0.29, 0.717) is 0 Å². The van der Waals surface area contributed by atoms with Crippen molar-refractivity contribution in [2.45, 2.75) is 18.7 Å². The van der Waals surface area contributed by atoms with Crippen LogP contribution in [0.4, 0.5) is 0 Å². The molecule has 11 heavy (non-hydrogen) atoms. The molecule has 5 heteroatoms. The molecule has 0 aromatic carbocycles. The molecule has 0 aliphatic carbocycles. The number of amides is 2. The fourth-order valence-electron chi connectivity index (χ4n) is 0.870. The van der Waals surface area contributed by atoms with Crippen molar-refractivity contribution in [3.8, 4) is 0 Å². The van der Waals surface area contributed by atoms with E-state index in [0.717, 1.165) is 3.93 Å². The molecule has 0 radical (unpaired) electrons. The van der Waals surface area contributed by atoms with Crippen molar-refractivity contribution in [1.29, 1.82) is 0 Å². The Morgan fingerprint density at radius 1 is 1.45 bits per heavy atom. The van der Waals surface area contributed by atoms with Gasteiger partial charge in [-0.05, 0) is 13.8 Å². The van der Waals surface area contributed by atoms with Gasteiger partial charge in [0.15, 0.2) is 0 Å². The van der Waals surface area contributed by atoms with Crippen LogP contribution in [0.25, 0.3) is 0 Å². The minimum Gasteiger partial charge on any atom is -0.273 e. The van der Waals surface area contributed by atoms with E-state index >= 15 is 0 Å². The van der Waals surface area contributed by atoms with E-state index in [1.54, 1.807) is 13.8 Å². The zero-order chi connectivity index (χ0) is 8.81. The van der Waals surface area contributed by atoms with Crippen molar-refractivity contribution in [1.82, 2.24) is 3.93 Å². The minimum atomic E-state index is -0.638. The lowest BCUT2D eigenvalue weighted by atomic mass is 9.92. The summed E-state index contributed by atoms with van der Waals surface area (Å²) in [5, 5.41) is 0. The maximum atomic E-state index is 11.3. The van der Waals surface area contributed by atoms with Crippen LogP contribution in [0.15, 0.2) is 0 Å². The molecule has 3 nitrogen and oxygen atoms in total. The van der Waals surface area contributed by atoms with Gasteiger partial charge in [0.05, 0.1) is 21.6 Å². The third kappa shape index (κ3) is 1.14. The van der Waals surface area contributed by atoms with Crippen molar-refractivity contribution < 1.29 is 9.59 Å². The van der Waals surface area contributed by atoms with Crippen LogP contribution in [0.1, 0.15) is 13.8 Å². The van der Waals surface area contributed by atoms with Gasteiger partial charge in [-0.3, -0.25) is 9.59 Å². The van der Waals surface area contributed by atoms with Crippen LogP contribution >= 0.6 is 32.1 Å². The van der Waals surface area contributed by atoms with Crippen molar-refractivity contribution in [2.75, 3.05) is 0 Å². The molecule has 1 fully saturated rings. The quantitative estimate of drug-likeness (QED) is 0.384. The Hall–Kier alpha value is 0.1000. The van der Waals surface area contributed by atoms with Crippen molar-refractivity contribution in [3.05, 3.63) is 0 Å². The molecule has 1 heterocycles. The highest BCUT2D eigenvalue weighted by molar-refractivity contribution is 9.10. The fourth-order valence-corrected chi connectivity index (χ4v) is 2.21. The standard InChI is InChI=1S/C6H7Br2NO2/c1-6(2)3(7)4(10)9(8)5(6)11/h3H,1-2H3. The van der Waals surface area contributed by atoms with Gasteiger partial charge >= 0.3 is 0 Å². The molecule has 0 aromatic heterocycles. The Morgan fingerprint density at radius 3 is 2.00 bits per heavy atom. The number of alkyl halides is 1. The smallest absolute Gasteiger partial charge is 0.254 e. The van der Waals surface area contributed by atoms with Gasteiger partial charge in [0.2, 0.25) is 5.91 Å². The summed E-state index contributed by atoms with van der Waals surface area (Å²) >= 11 is 6.05. The van der Waals surface area contributed by atoms with Gasteiger partial charge < -0.3 is 0 Å². The molecule has 1 rings (SSSR count). The average Bonchev–Trinajstić information content (AvgIpc) is 2.06. The Kier molecular flexibility index (Phi) is 2.13. The number of carbonyl (C=O) groups excluding carboxylic acids is 2. The summed E-state index contributed by atoms with van der Waals surface area (Å²) in [5.74, 6) is -0.440. The normalized spacial score (nSPS) is 29.8. The van der Waals surface area contributed by atoms with E-state index in [2.05, 4.69) is 32.1 Å². The zero-order valence-electron chi connectivity index (χ0n) is 6.10. The van der Waals surface area contributed by atoms with E-state index in [1.807, 2.05) is 0 Å². The lowest BCUT2D eigenvalue weighted by Gasteiger charge is -2.15. The molecule has 0 bridgehead atoms. The second-order valence-electron chi connectivity index (χ2n) is 3.01. The van der Waals surface area contributed by atoms with E-state index in [9.17, 15) is 9.59 Å². The van der Waals surface area contributed by atoms with E-state index in [-0.39, 0.29) is 11.8 Å². The number of nitrogens with zero attached hydrogens (tertiary/aromatic N) is 1. The molecular weight excluding hydrogens is 278 g/mol. The maximum Gasteiger partial charge on any atom is 0.254 e. The molecule has 0 saturated carbocycles. The molecule has 0 spiro atoms. The van der Waals surface area contributed by atoms with Gasteiger partial charge in [-0.25, -0.2) is 3.93 Å². The summed E-state index contributed by atoms with van der Waals surface area (Å²) < 4.78 is 0.979. The third-order valence-corrected chi connectivity index (χ3v) is 3.98. The number of rotatable bonds is 0. The first kappa shape index (κ1) is 9.19. The van der Waals surface area contributed by atoms with Gasteiger partial charge in [0, 0.05) is 0 Å².